The van der Waals surface area contributed by atoms with Gasteiger partial charge in [0.2, 0.25) is 0 Å². The summed E-state index contributed by atoms with van der Waals surface area (Å²) in [5.41, 5.74) is 1.55. The molecule has 0 aliphatic rings. The van der Waals surface area contributed by atoms with E-state index in [0.29, 0.717) is 16.9 Å². The fourth-order valence-corrected chi connectivity index (χ4v) is 2.61. The lowest BCUT2D eigenvalue weighted by molar-refractivity contribution is -0.139. The molecule has 1 aromatic carbocycles. The van der Waals surface area contributed by atoms with Crippen molar-refractivity contribution in [1.82, 2.24) is 15.1 Å². The van der Waals surface area contributed by atoms with Crippen molar-refractivity contribution in [2.45, 2.75) is 39.2 Å². The first-order valence-electron chi connectivity index (χ1n) is 8.33. The fraction of sp³-hybridized carbons (Fsp3) is 0.316. The minimum absolute atomic E-state index is 0.0536. The number of nitrogens with one attached hydrogen (secondary N) is 1. The molecule has 0 aliphatic carbocycles. The fourth-order valence-electron chi connectivity index (χ4n) is 2.61. The smallest absolute Gasteiger partial charge is 0.326 e. The third-order valence-electron chi connectivity index (χ3n) is 3.88. The summed E-state index contributed by atoms with van der Waals surface area (Å²) in [5.74, 6) is -2.02. The molecule has 0 saturated carbocycles. The van der Waals surface area contributed by atoms with Gasteiger partial charge in [-0.15, -0.1) is 0 Å². The Morgan fingerprint density at radius 2 is 1.96 bits per heavy atom. The highest BCUT2D eigenvalue weighted by molar-refractivity contribution is 5.97. The topological polar surface area (TPSA) is 84.2 Å². The highest BCUT2D eigenvalue weighted by Crippen LogP contribution is 2.23. The molecule has 0 aliphatic heterocycles. The molecule has 1 unspecified atom stereocenters. The molecule has 1 atom stereocenters. The van der Waals surface area contributed by atoms with Crippen molar-refractivity contribution in [3.8, 4) is 5.69 Å². The molecule has 0 spiro atoms. The van der Waals surface area contributed by atoms with E-state index in [1.807, 2.05) is 13.8 Å². The zero-order chi connectivity index (χ0) is 19.3. The molecular weight excluding hydrogens is 337 g/mol. The average molecular weight is 359 g/mol. The van der Waals surface area contributed by atoms with E-state index in [-0.39, 0.29) is 18.2 Å². The molecule has 2 rings (SSSR count). The van der Waals surface area contributed by atoms with E-state index in [4.69, 9.17) is 0 Å². The van der Waals surface area contributed by atoms with Crippen LogP contribution in [-0.2, 0) is 4.79 Å². The number of hydrogen-bond donors (Lipinski definition) is 2. The van der Waals surface area contributed by atoms with Gasteiger partial charge in [0, 0.05) is 0 Å². The zero-order valence-corrected chi connectivity index (χ0v) is 14.9. The van der Waals surface area contributed by atoms with Crippen molar-refractivity contribution in [2.75, 3.05) is 0 Å². The van der Waals surface area contributed by atoms with Gasteiger partial charge in [-0.25, -0.2) is 13.9 Å². The van der Waals surface area contributed by atoms with Crippen molar-refractivity contribution in [1.29, 1.82) is 0 Å². The molecule has 1 amide bonds. The van der Waals surface area contributed by atoms with Gasteiger partial charge in [0.15, 0.2) is 0 Å². The maximum absolute atomic E-state index is 13.2. The SMILES string of the molecule is C/C=C/CC(NC(=O)c1cnn(-c2ccc(F)cc2)c1C(C)C)C(=O)O. The van der Waals surface area contributed by atoms with Crippen LogP contribution in [0.2, 0.25) is 0 Å². The minimum atomic E-state index is -1.10. The van der Waals surface area contributed by atoms with E-state index in [0.717, 1.165) is 0 Å². The Kier molecular flexibility index (Phi) is 6.27. The summed E-state index contributed by atoms with van der Waals surface area (Å²) in [6.07, 6.45) is 5.02. The summed E-state index contributed by atoms with van der Waals surface area (Å²) in [6, 6.07) is 4.76. The second-order valence-corrected chi connectivity index (χ2v) is 6.16. The van der Waals surface area contributed by atoms with Gasteiger partial charge < -0.3 is 10.4 Å². The van der Waals surface area contributed by atoms with Crippen LogP contribution in [0.4, 0.5) is 4.39 Å². The van der Waals surface area contributed by atoms with Gasteiger partial charge in [0.1, 0.15) is 11.9 Å². The van der Waals surface area contributed by atoms with E-state index in [1.54, 1.807) is 35.9 Å². The van der Waals surface area contributed by atoms with Gasteiger partial charge in [-0.2, -0.15) is 5.10 Å². The zero-order valence-electron chi connectivity index (χ0n) is 14.9. The van der Waals surface area contributed by atoms with Gasteiger partial charge in [-0.05, 0) is 43.5 Å². The lowest BCUT2D eigenvalue weighted by Gasteiger charge is -2.15. The van der Waals surface area contributed by atoms with Crippen molar-refractivity contribution in [3.05, 3.63) is 59.7 Å². The first kappa shape index (κ1) is 19.4. The first-order chi connectivity index (χ1) is 12.3. The second-order valence-electron chi connectivity index (χ2n) is 6.16. The number of carboxylic acid groups (broad SMARTS) is 1. The van der Waals surface area contributed by atoms with Crippen LogP contribution >= 0.6 is 0 Å². The van der Waals surface area contributed by atoms with Crippen molar-refractivity contribution in [3.63, 3.8) is 0 Å². The molecule has 1 aromatic heterocycles. The Bertz CT molecular complexity index is 810. The average Bonchev–Trinajstić information content (AvgIpc) is 3.04. The van der Waals surface area contributed by atoms with E-state index >= 15 is 0 Å². The monoisotopic (exact) mass is 359 g/mol. The molecule has 6 nitrogen and oxygen atoms in total. The Morgan fingerprint density at radius 1 is 1.31 bits per heavy atom. The Hall–Kier alpha value is -2.96. The number of benzene rings is 1. The van der Waals surface area contributed by atoms with Crippen molar-refractivity contribution in [2.24, 2.45) is 0 Å². The Balaban J connectivity index is 2.35. The molecule has 26 heavy (non-hydrogen) atoms. The number of aromatic nitrogens is 2. The molecule has 138 valence electrons. The largest absolute Gasteiger partial charge is 0.480 e. The summed E-state index contributed by atoms with van der Waals surface area (Å²) >= 11 is 0. The van der Waals surface area contributed by atoms with Crippen LogP contribution in [0.5, 0.6) is 0 Å². The van der Waals surface area contributed by atoms with Crippen LogP contribution in [0.1, 0.15) is 49.2 Å². The Morgan fingerprint density at radius 3 is 2.50 bits per heavy atom. The third-order valence-corrected chi connectivity index (χ3v) is 3.88. The Labute approximate surface area is 151 Å². The highest BCUT2D eigenvalue weighted by Gasteiger charge is 2.25. The number of rotatable bonds is 7. The third kappa shape index (κ3) is 4.36. The number of hydrogen-bond acceptors (Lipinski definition) is 3. The van der Waals surface area contributed by atoms with Crippen LogP contribution in [0.25, 0.3) is 5.69 Å². The van der Waals surface area contributed by atoms with E-state index in [1.165, 1.54) is 18.3 Å². The maximum Gasteiger partial charge on any atom is 0.326 e. The summed E-state index contributed by atoms with van der Waals surface area (Å²) in [7, 11) is 0. The van der Waals surface area contributed by atoms with E-state index < -0.39 is 17.9 Å². The summed E-state index contributed by atoms with van der Waals surface area (Å²) in [5, 5.41) is 16.1. The quantitative estimate of drug-likeness (QED) is 0.743. The molecule has 1 heterocycles. The number of nitrogens with zero attached hydrogens (tertiary/aromatic N) is 2. The number of carboxylic acids is 1. The van der Waals surface area contributed by atoms with Gasteiger partial charge in [-0.3, -0.25) is 4.79 Å². The van der Waals surface area contributed by atoms with E-state index in [2.05, 4.69) is 10.4 Å². The highest BCUT2D eigenvalue weighted by atomic mass is 19.1. The number of carbonyl (C=O) groups excluding carboxylic acids is 1. The number of aliphatic carboxylic acids is 1. The molecule has 0 saturated heterocycles. The number of amides is 1. The van der Waals surface area contributed by atoms with Crippen LogP contribution in [0, 0.1) is 5.82 Å². The van der Waals surface area contributed by atoms with Gasteiger partial charge >= 0.3 is 5.97 Å². The lowest BCUT2D eigenvalue weighted by Crippen LogP contribution is -2.40. The van der Waals surface area contributed by atoms with Crippen molar-refractivity contribution < 1.29 is 19.1 Å². The molecule has 0 radical (unpaired) electrons. The van der Waals surface area contributed by atoms with Gasteiger partial charge in [0.25, 0.3) is 5.91 Å². The summed E-state index contributed by atoms with van der Waals surface area (Å²) in [6.45, 7) is 5.59. The first-order valence-corrected chi connectivity index (χ1v) is 8.33. The molecule has 2 N–H and O–H groups in total. The molecule has 0 fully saturated rings. The predicted molar refractivity (Wildman–Crippen MR) is 95.9 cm³/mol. The lowest BCUT2D eigenvalue weighted by atomic mass is 10.0. The summed E-state index contributed by atoms with van der Waals surface area (Å²) in [4.78, 5) is 24.0. The summed E-state index contributed by atoms with van der Waals surface area (Å²) < 4.78 is 14.7. The minimum Gasteiger partial charge on any atom is -0.480 e. The number of halogens is 1. The molecule has 0 bridgehead atoms. The van der Waals surface area contributed by atoms with Crippen LogP contribution < -0.4 is 5.32 Å². The van der Waals surface area contributed by atoms with Crippen LogP contribution in [0.3, 0.4) is 0 Å². The number of carbonyl (C=O) groups is 2. The molecular formula is C19H22FN3O3. The van der Waals surface area contributed by atoms with E-state index in [9.17, 15) is 19.1 Å². The standard InChI is InChI=1S/C19H22FN3O3/c1-4-5-6-16(19(25)26)22-18(24)15-11-21-23(17(15)12(2)3)14-9-7-13(20)8-10-14/h4-5,7-12,16H,6H2,1-3H3,(H,22,24)(H,25,26)/b5-4+. The van der Waals surface area contributed by atoms with Crippen LogP contribution in [0.15, 0.2) is 42.6 Å². The molecule has 2 aromatic rings. The normalized spacial score (nSPS) is 12.5. The predicted octanol–water partition coefficient (Wildman–Crippen LogP) is 3.28. The van der Waals surface area contributed by atoms with Crippen LogP contribution in [-0.4, -0.2) is 32.8 Å². The number of allylic oxidation sites excluding steroid dienone is 1. The van der Waals surface area contributed by atoms with Gasteiger partial charge in [0.05, 0.1) is 23.1 Å². The maximum atomic E-state index is 13.2. The molecule has 7 heteroatoms. The second kappa shape index (κ2) is 8.42. The van der Waals surface area contributed by atoms with Crippen molar-refractivity contribution >= 4 is 11.9 Å². The van der Waals surface area contributed by atoms with Gasteiger partial charge in [-0.1, -0.05) is 26.0 Å².